The van der Waals surface area contributed by atoms with Gasteiger partial charge in [-0.05, 0) is 50.6 Å². The first-order chi connectivity index (χ1) is 10.1. The maximum absolute atomic E-state index is 11.0. The summed E-state index contributed by atoms with van der Waals surface area (Å²) in [6, 6.07) is 6.18. The topological polar surface area (TPSA) is 59.0 Å². The SMILES string of the molecule is COc1ccc(C(C)N2CCC(C(=O)O)CC2)cc1OC. The number of piperidine rings is 1. The molecule has 21 heavy (non-hydrogen) atoms. The Kier molecular flexibility index (Phi) is 5.07. The van der Waals surface area contributed by atoms with Gasteiger partial charge in [0.15, 0.2) is 11.5 Å². The number of hydrogen-bond donors (Lipinski definition) is 1. The number of likely N-dealkylation sites (tertiary alicyclic amines) is 1. The summed E-state index contributed by atoms with van der Waals surface area (Å²) in [4.78, 5) is 13.3. The fourth-order valence-corrected chi connectivity index (χ4v) is 2.86. The molecule has 1 aliphatic heterocycles. The van der Waals surface area contributed by atoms with Gasteiger partial charge in [-0.25, -0.2) is 0 Å². The van der Waals surface area contributed by atoms with Gasteiger partial charge in [-0.3, -0.25) is 9.69 Å². The molecule has 0 radical (unpaired) electrons. The van der Waals surface area contributed by atoms with E-state index in [2.05, 4.69) is 11.8 Å². The van der Waals surface area contributed by atoms with Gasteiger partial charge in [0, 0.05) is 6.04 Å². The molecule has 5 nitrogen and oxygen atoms in total. The molecule has 116 valence electrons. The second-order valence-electron chi connectivity index (χ2n) is 5.44. The van der Waals surface area contributed by atoms with E-state index in [-0.39, 0.29) is 12.0 Å². The second kappa shape index (κ2) is 6.80. The minimum absolute atomic E-state index is 0.196. The Morgan fingerprint density at radius 2 is 1.86 bits per heavy atom. The number of rotatable bonds is 5. The van der Waals surface area contributed by atoms with Gasteiger partial charge in [0.25, 0.3) is 0 Å². The number of hydrogen-bond acceptors (Lipinski definition) is 4. The molecule has 2 rings (SSSR count). The molecule has 1 atom stereocenters. The molecule has 0 saturated carbocycles. The molecular formula is C16H23NO4. The Labute approximate surface area is 125 Å². The average molecular weight is 293 g/mol. The zero-order chi connectivity index (χ0) is 15.4. The van der Waals surface area contributed by atoms with Gasteiger partial charge < -0.3 is 14.6 Å². The van der Waals surface area contributed by atoms with Gasteiger partial charge in [-0.15, -0.1) is 0 Å². The van der Waals surface area contributed by atoms with Crippen LogP contribution in [0.25, 0.3) is 0 Å². The largest absolute Gasteiger partial charge is 0.493 e. The highest BCUT2D eigenvalue weighted by Crippen LogP contribution is 2.33. The number of nitrogens with zero attached hydrogens (tertiary/aromatic N) is 1. The molecule has 1 aromatic rings. The van der Waals surface area contributed by atoms with Gasteiger partial charge in [0.05, 0.1) is 20.1 Å². The minimum Gasteiger partial charge on any atom is -0.493 e. The van der Waals surface area contributed by atoms with Crippen LogP contribution in [0.2, 0.25) is 0 Å². The van der Waals surface area contributed by atoms with Crippen LogP contribution in [0.15, 0.2) is 18.2 Å². The lowest BCUT2D eigenvalue weighted by Gasteiger charge is -2.35. The van der Waals surface area contributed by atoms with E-state index in [0.717, 1.165) is 30.2 Å². The molecule has 0 aromatic heterocycles. The van der Waals surface area contributed by atoms with E-state index in [1.807, 2.05) is 18.2 Å². The lowest BCUT2D eigenvalue weighted by atomic mass is 9.95. The summed E-state index contributed by atoms with van der Waals surface area (Å²) in [6.07, 6.45) is 1.43. The molecule has 1 saturated heterocycles. The number of carbonyl (C=O) groups is 1. The highest BCUT2D eigenvalue weighted by molar-refractivity contribution is 5.70. The van der Waals surface area contributed by atoms with Gasteiger partial charge in [0.1, 0.15) is 0 Å². The average Bonchev–Trinajstić information content (AvgIpc) is 2.53. The number of ether oxygens (including phenoxy) is 2. The van der Waals surface area contributed by atoms with Crippen molar-refractivity contribution in [3.8, 4) is 11.5 Å². The molecule has 1 aromatic carbocycles. The minimum atomic E-state index is -0.673. The Balaban J connectivity index is 2.07. The number of benzene rings is 1. The first-order valence-corrected chi connectivity index (χ1v) is 7.25. The van der Waals surface area contributed by atoms with Gasteiger partial charge in [-0.1, -0.05) is 6.07 Å². The molecule has 0 bridgehead atoms. The highest BCUT2D eigenvalue weighted by Gasteiger charge is 2.27. The Hall–Kier alpha value is -1.75. The zero-order valence-corrected chi connectivity index (χ0v) is 12.8. The zero-order valence-electron chi connectivity index (χ0n) is 12.8. The summed E-state index contributed by atoms with van der Waals surface area (Å²) in [5, 5.41) is 9.06. The summed E-state index contributed by atoms with van der Waals surface area (Å²) < 4.78 is 10.6. The monoisotopic (exact) mass is 293 g/mol. The van der Waals surface area contributed by atoms with Crippen LogP contribution < -0.4 is 9.47 Å². The molecule has 1 heterocycles. The summed E-state index contributed by atoms with van der Waals surface area (Å²) in [5.41, 5.74) is 1.15. The lowest BCUT2D eigenvalue weighted by Crippen LogP contribution is -2.37. The van der Waals surface area contributed by atoms with Crippen LogP contribution >= 0.6 is 0 Å². The van der Waals surface area contributed by atoms with Crippen LogP contribution in [-0.4, -0.2) is 43.3 Å². The van der Waals surface area contributed by atoms with E-state index in [1.54, 1.807) is 14.2 Å². The van der Waals surface area contributed by atoms with Gasteiger partial charge in [-0.2, -0.15) is 0 Å². The number of carboxylic acids is 1. The maximum atomic E-state index is 11.0. The Bertz CT molecular complexity index is 495. The molecular weight excluding hydrogens is 270 g/mol. The summed E-state index contributed by atoms with van der Waals surface area (Å²) in [6.45, 7) is 3.77. The van der Waals surface area contributed by atoms with Crippen LogP contribution in [0.1, 0.15) is 31.4 Å². The standard InChI is InChI=1S/C16H23NO4/c1-11(17-8-6-12(7-9-17)16(18)19)13-4-5-14(20-2)15(10-13)21-3/h4-5,10-12H,6-9H2,1-3H3,(H,18,19). The lowest BCUT2D eigenvalue weighted by molar-refractivity contribution is -0.143. The number of carboxylic acid groups (broad SMARTS) is 1. The predicted molar refractivity (Wildman–Crippen MR) is 79.9 cm³/mol. The molecule has 1 fully saturated rings. The van der Waals surface area contributed by atoms with Crippen molar-refractivity contribution in [2.45, 2.75) is 25.8 Å². The number of aliphatic carboxylic acids is 1. The fourth-order valence-electron chi connectivity index (χ4n) is 2.86. The first kappa shape index (κ1) is 15.6. The second-order valence-corrected chi connectivity index (χ2v) is 5.44. The predicted octanol–water partition coefficient (Wildman–Crippen LogP) is 2.56. The van der Waals surface area contributed by atoms with Crippen molar-refractivity contribution < 1.29 is 19.4 Å². The summed E-state index contributed by atoms with van der Waals surface area (Å²) in [5.74, 6) is 0.576. The van der Waals surface area contributed by atoms with Crippen molar-refractivity contribution >= 4 is 5.97 Å². The Morgan fingerprint density at radius 3 is 2.38 bits per heavy atom. The summed E-state index contributed by atoms with van der Waals surface area (Å²) in [7, 11) is 3.25. The molecule has 1 unspecified atom stereocenters. The molecule has 0 amide bonds. The fraction of sp³-hybridized carbons (Fsp3) is 0.562. The molecule has 1 N–H and O–H groups in total. The maximum Gasteiger partial charge on any atom is 0.306 e. The van der Waals surface area contributed by atoms with E-state index >= 15 is 0 Å². The van der Waals surface area contributed by atoms with Gasteiger partial charge >= 0.3 is 5.97 Å². The van der Waals surface area contributed by atoms with Crippen LogP contribution in [0.5, 0.6) is 11.5 Å². The van der Waals surface area contributed by atoms with Crippen LogP contribution in [0.4, 0.5) is 0 Å². The van der Waals surface area contributed by atoms with Crippen molar-refractivity contribution in [1.82, 2.24) is 4.90 Å². The smallest absolute Gasteiger partial charge is 0.306 e. The Morgan fingerprint density at radius 1 is 1.24 bits per heavy atom. The molecule has 1 aliphatic rings. The quantitative estimate of drug-likeness (QED) is 0.904. The summed E-state index contributed by atoms with van der Waals surface area (Å²) >= 11 is 0. The van der Waals surface area contributed by atoms with E-state index < -0.39 is 5.97 Å². The van der Waals surface area contributed by atoms with Gasteiger partial charge in [0.2, 0.25) is 0 Å². The van der Waals surface area contributed by atoms with Crippen molar-refractivity contribution in [1.29, 1.82) is 0 Å². The van der Waals surface area contributed by atoms with E-state index in [4.69, 9.17) is 14.6 Å². The van der Waals surface area contributed by atoms with E-state index in [9.17, 15) is 4.79 Å². The van der Waals surface area contributed by atoms with E-state index in [1.165, 1.54) is 0 Å². The normalized spacial score (nSPS) is 18.2. The van der Waals surface area contributed by atoms with Crippen molar-refractivity contribution in [2.75, 3.05) is 27.3 Å². The molecule has 0 aliphatic carbocycles. The van der Waals surface area contributed by atoms with Crippen LogP contribution in [0.3, 0.4) is 0 Å². The van der Waals surface area contributed by atoms with Crippen molar-refractivity contribution in [3.05, 3.63) is 23.8 Å². The van der Waals surface area contributed by atoms with Crippen molar-refractivity contribution in [3.63, 3.8) is 0 Å². The van der Waals surface area contributed by atoms with Crippen molar-refractivity contribution in [2.24, 2.45) is 5.92 Å². The van der Waals surface area contributed by atoms with Crippen LogP contribution in [-0.2, 0) is 4.79 Å². The van der Waals surface area contributed by atoms with E-state index in [0.29, 0.717) is 12.8 Å². The highest BCUT2D eigenvalue weighted by atomic mass is 16.5. The third kappa shape index (κ3) is 3.47. The molecule has 0 spiro atoms. The number of methoxy groups -OCH3 is 2. The first-order valence-electron chi connectivity index (χ1n) is 7.25. The van der Waals surface area contributed by atoms with Crippen LogP contribution in [0, 0.1) is 5.92 Å². The third-order valence-corrected chi connectivity index (χ3v) is 4.32. The molecule has 5 heteroatoms. The third-order valence-electron chi connectivity index (χ3n) is 4.32.